The van der Waals surface area contributed by atoms with Gasteiger partial charge in [-0.2, -0.15) is 0 Å². The van der Waals surface area contributed by atoms with Crippen molar-refractivity contribution in [1.29, 1.82) is 0 Å². The molecule has 0 heterocycles. The molecule has 0 fully saturated rings. The highest BCUT2D eigenvalue weighted by Crippen LogP contribution is 2.02. The topological polar surface area (TPSA) is 17.1 Å². The second-order valence-electron chi connectivity index (χ2n) is 1.67. The van der Waals surface area contributed by atoms with Crippen LogP contribution < -0.4 is 0 Å². The molecule has 0 saturated carbocycles. The lowest BCUT2D eigenvalue weighted by Gasteiger charge is -1.97. The Labute approximate surface area is 50.1 Å². The van der Waals surface area contributed by atoms with Crippen molar-refractivity contribution in [3.63, 3.8) is 0 Å². The van der Waals surface area contributed by atoms with Crippen LogP contribution in [0.4, 0.5) is 0 Å². The van der Waals surface area contributed by atoms with Gasteiger partial charge in [0.25, 0.3) is 0 Å². The summed E-state index contributed by atoms with van der Waals surface area (Å²) in [6, 6.07) is 0. The van der Waals surface area contributed by atoms with Gasteiger partial charge in [0.15, 0.2) is 0 Å². The molecule has 0 aliphatic carbocycles. The maximum Gasteiger partial charge on any atom is 0.121 e. The summed E-state index contributed by atoms with van der Waals surface area (Å²) in [6.07, 6.45) is 7.33. The predicted molar refractivity (Wildman–Crippen MR) is 33.3 cm³/mol. The quantitative estimate of drug-likeness (QED) is 0.394. The van der Waals surface area contributed by atoms with E-state index in [9.17, 15) is 4.79 Å². The zero-order valence-electron chi connectivity index (χ0n) is 5.05. The van der Waals surface area contributed by atoms with Gasteiger partial charge in [0, 0.05) is 12.3 Å². The minimum atomic E-state index is 0.160. The number of carbonyl (C=O) groups excluding carboxylic acids is 1. The normalized spacial score (nSPS) is 12.0. The summed E-state index contributed by atoms with van der Waals surface area (Å²) >= 11 is 0. The van der Waals surface area contributed by atoms with Crippen molar-refractivity contribution in [2.24, 2.45) is 5.92 Å². The molecule has 0 saturated heterocycles. The number of hydrogen-bond donors (Lipinski definition) is 0. The van der Waals surface area contributed by atoms with Crippen molar-refractivity contribution in [2.75, 3.05) is 0 Å². The van der Waals surface area contributed by atoms with E-state index in [-0.39, 0.29) is 5.92 Å². The Hall–Kier alpha value is -0.770. The largest absolute Gasteiger partial charge is 0.303 e. The van der Waals surface area contributed by atoms with Gasteiger partial charge >= 0.3 is 0 Å². The molecule has 8 heavy (non-hydrogen) atoms. The van der Waals surface area contributed by atoms with E-state index in [1.807, 2.05) is 6.92 Å². The van der Waals surface area contributed by atoms with Crippen molar-refractivity contribution in [3.05, 3.63) is 0 Å². The first-order chi connectivity index (χ1) is 3.85. The van der Waals surface area contributed by atoms with Crippen LogP contribution in [0.2, 0.25) is 0 Å². The molecule has 0 aromatic heterocycles. The van der Waals surface area contributed by atoms with Crippen molar-refractivity contribution < 1.29 is 4.79 Å². The van der Waals surface area contributed by atoms with E-state index in [4.69, 9.17) is 6.42 Å². The van der Waals surface area contributed by atoms with Gasteiger partial charge in [-0.1, -0.05) is 6.92 Å². The number of terminal acetylenes is 1. The molecule has 0 radical (unpaired) electrons. The number of aldehydes is 1. The molecular formula is C7H10O. The SMILES string of the molecule is C#CC(CC)CC=O. The highest BCUT2D eigenvalue weighted by atomic mass is 16.1. The number of rotatable bonds is 3. The standard InChI is InChI=1S/C7H10O/c1-3-7(4-2)5-6-8/h1,6-7H,4-5H2,2H3. The minimum Gasteiger partial charge on any atom is -0.303 e. The lowest BCUT2D eigenvalue weighted by molar-refractivity contribution is -0.108. The molecule has 1 heteroatoms. The second kappa shape index (κ2) is 4.39. The fourth-order valence-corrected chi connectivity index (χ4v) is 0.469. The summed E-state index contributed by atoms with van der Waals surface area (Å²) in [7, 11) is 0. The van der Waals surface area contributed by atoms with Crippen molar-refractivity contribution in [1.82, 2.24) is 0 Å². The summed E-state index contributed by atoms with van der Waals surface area (Å²) in [5.41, 5.74) is 0. The van der Waals surface area contributed by atoms with E-state index in [0.717, 1.165) is 12.7 Å². The molecular weight excluding hydrogens is 100 g/mol. The zero-order valence-corrected chi connectivity index (χ0v) is 5.05. The molecule has 0 amide bonds. The van der Waals surface area contributed by atoms with E-state index >= 15 is 0 Å². The maximum absolute atomic E-state index is 9.84. The molecule has 0 bridgehead atoms. The van der Waals surface area contributed by atoms with Crippen LogP contribution in [0.5, 0.6) is 0 Å². The molecule has 1 unspecified atom stereocenters. The number of carbonyl (C=O) groups is 1. The summed E-state index contributed by atoms with van der Waals surface area (Å²) in [5.74, 6) is 2.68. The van der Waals surface area contributed by atoms with Crippen LogP contribution in [0.3, 0.4) is 0 Å². The van der Waals surface area contributed by atoms with Crippen LogP contribution in [0, 0.1) is 18.3 Å². The Morgan fingerprint density at radius 2 is 2.50 bits per heavy atom. The average molecular weight is 110 g/mol. The molecule has 44 valence electrons. The summed E-state index contributed by atoms with van der Waals surface area (Å²) in [4.78, 5) is 9.84. The molecule has 1 atom stereocenters. The third-order valence-corrected chi connectivity index (χ3v) is 1.11. The van der Waals surface area contributed by atoms with Gasteiger partial charge in [0.05, 0.1) is 0 Å². The van der Waals surface area contributed by atoms with Gasteiger partial charge in [-0.3, -0.25) is 0 Å². The molecule has 0 aliphatic rings. The third kappa shape index (κ3) is 2.41. The molecule has 0 rings (SSSR count). The predicted octanol–water partition coefficient (Wildman–Crippen LogP) is 1.23. The molecule has 0 aromatic rings. The van der Waals surface area contributed by atoms with E-state index in [1.165, 1.54) is 0 Å². The maximum atomic E-state index is 9.84. The van der Waals surface area contributed by atoms with Gasteiger partial charge < -0.3 is 4.79 Å². The Bertz CT molecular complexity index is 99.4. The Morgan fingerprint density at radius 3 is 2.62 bits per heavy atom. The zero-order chi connectivity index (χ0) is 6.41. The highest BCUT2D eigenvalue weighted by molar-refractivity contribution is 5.50. The van der Waals surface area contributed by atoms with E-state index in [2.05, 4.69) is 5.92 Å². The van der Waals surface area contributed by atoms with Gasteiger partial charge in [0.2, 0.25) is 0 Å². The van der Waals surface area contributed by atoms with Crippen LogP contribution >= 0.6 is 0 Å². The summed E-state index contributed by atoms with van der Waals surface area (Å²) < 4.78 is 0. The third-order valence-electron chi connectivity index (χ3n) is 1.11. The highest BCUT2D eigenvalue weighted by Gasteiger charge is 1.97. The average Bonchev–Trinajstić information content (AvgIpc) is 1.83. The van der Waals surface area contributed by atoms with Gasteiger partial charge in [0.1, 0.15) is 6.29 Å². The lowest BCUT2D eigenvalue weighted by Crippen LogP contribution is -1.93. The van der Waals surface area contributed by atoms with E-state index in [0.29, 0.717) is 6.42 Å². The van der Waals surface area contributed by atoms with Gasteiger partial charge in [-0.05, 0) is 6.42 Å². The fourth-order valence-electron chi connectivity index (χ4n) is 0.469. The molecule has 1 nitrogen and oxygen atoms in total. The summed E-state index contributed by atoms with van der Waals surface area (Å²) in [5, 5.41) is 0. The van der Waals surface area contributed by atoms with Gasteiger partial charge in [-0.15, -0.1) is 12.3 Å². The van der Waals surface area contributed by atoms with E-state index in [1.54, 1.807) is 0 Å². The molecule has 0 aliphatic heterocycles. The van der Waals surface area contributed by atoms with Crippen LogP contribution in [-0.2, 0) is 4.79 Å². The first-order valence-electron chi connectivity index (χ1n) is 2.74. The Kier molecular flexibility index (Phi) is 3.97. The smallest absolute Gasteiger partial charge is 0.121 e. The number of hydrogen-bond acceptors (Lipinski definition) is 1. The molecule has 0 spiro atoms. The fraction of sp³-hybridized carbons (Fsp3) is 0.571. The van der Waals surface area contributed by atoms with Crippen molar-refractivity contribution >= 4 is 6.29 Å². The van der Waals surface area contributed by atoms with Crippen molar-refractivity contribution in [3.8, 4) is 12.3 Å². The van der Waals surface area contributed by atoms with Crippen LogP contribution in [0.25, 0.3) is 0 Å². The van der Waals surface area contributed by atoms with E-state index < -0.39 is 0 Å². The first-order valence-corrected chi connectivity index (χ1v) is 2.74. The van der Waals surface area contributed by atoms with Crippen molar-refractivity contribution in [2.45, 2.75) is 19.8 Å². The minimum absolute atomic E-state index is 0.160. The second-order valence-corrected chi connectivity index (χ2v) is 1.67. The van der Waals surface area contributed by atoms with Gasteiger partial charge in [-0.25, -0.2) is 0 Å². The Balaban J connectivity index is 3.40. The Morgan fingerprint density at radius 1 is 1.88 bits per heavy atom. The summed E-state index contributed by atoms with van der Waals surface area (Å²) in [6.45, 7) is 1.98. The molecule has 0 N–H and O–H groups in total. The lowest BCUT2D eigenvalue weighted by atomic mass is 10.1. The van der Waals surface area contributed by atoms with Crippen LogP contribution in [0.15, 0.2) is 0 Å². The monoisotopic (exact) mass is 110 g/mol. The van der Waals surface area contributed by atoms with Crippen LogP contribution in [0.1, 0.15) is 19.8 Å². The molecule has 0 aromatic carbocycles. The van der Waals surface area contributed by atoms with Crippen LogP contribution in [-0.4, -0.2) is 6.29 Å². The first kappa shape index (κ1) is 7.23.